The van der Waals surface area contributed by atoms with Gasteiger partial charge in [0, 0.05) is 22.8 Å². The molecular weight excluding hydrogens is 482 g/mol. The first-order valence-electron chi connectivity index (χ1n) is 9.78. The number of hydrogen-bond donors (Lipinski definition) is 2. The first-order chi connectivity index (χ1) is 14.9. The van der Waals surface area contributed by atoms with Crippen LogP contribution in [0.15, 0.2) is 59.1 Å². The molecule has 5 nitrogen and oxygen atoms in total. The number of nitrogens with one attached hydrogen (secondary N) is 1. The molecule has 7 heteroatoms. The number of carboxylic acid groups (broad SMARTS) is 1. The van der Waals surface area contributed by atoms with Crippen LogP contribution in [0.3, 0.4) is 0 Å². The zero-order valence-corrected chi connectivity index (χ0v) is 19.6. The first-order valence-corrected chi connectivity index (χ1v) is 11.0. The summed E-state index contributed by atoms with van der Waals surface area (Å²) in [6.45, 7) is 5.15. The smallest absolute Gasteiger partial charge is 0.335 e. The third kappa shape index (κ3) is 5.93. The van der Waals surface area contributed by atoms with Gasteiger partial charge in [-0.25, -0.2) is 4.79 Å². The van der Waals surface area contributed by atoms with Crippen molar-refractivity contribution in [2.45, 2.75) is 27.0 Å². The quantitative estimate of drug-likeness (QED) is 0.339. The van der Waals surface area contributed by atoms with Gasteiger partial charge in [0.1, 0.15) is 6.61 Å². The van der Waals surface area contributed by atoms with Crippen LogP contribution < -0.4 is 14.8 Å². The van der Waals surface area contributed by atoms with E-state index in [-0.39, 0.29) is 5.56 Å². The molecule has 0 fully saturated rings. The van der Waals surface area contributed by atoms with E-state index in [1.165, 1.54) is 0 Å². The Morgan fingerprint density at radius 3 is 2.61 bits per heavy atom. The van der Waals surface area contributed by atoms with Gasteiger partial charge < -0.3 is 19.9 Å². The average Bonchev–Trinajstić information content (AvgIpc) is 2.73. The standard InChI is InChI=1S/C24H23BrClNO4/c1-3-30-22-11-16(13-27-21-12-17(24(28)29)9-8-15(21)2)10-19(25)23(22)31-14-18-6-4-5-7-20(18)26/h4-12,27H,3,13-14H2,1-2H3,(H,28,29). The summed E-state index contributed by atoms with van der Waals surface area (Å²) >= 11 is 9.82. The molecule has 162 valence electrons. The van der Waals surface area contributed by atoms with Gasteiger partial charge in [-0.05, 0) is 71.2 Å². The van der Waals surface area contributed by atoms with Crippen LogP contribution in [0.4, 0.5) is 5.69 Å². The van der Waals surface area contributed by atoms with E-state index < -0.39 is 5.97 Å². The van der Waals surface area contributed by atoms with Crippen molar-refractivity contribution in [2.24, 2.45) is 0 Å². The van der Waals surface area contributed by atoms with Crippen LogP contribution in [0.25, 0.3) is 0 Å². The van der Waals surface area contributed by atoms with Crippen molar-refractivity contribution >= 4 is 39.2 Å². The minimum atomic E-state index is -0.954. The molecule has 0 aliphatic rings. The van der Waals surface area contributed by atoms with Crippen molar-refractivity contribution in [3.63, 3.8) is 0 Å². The van der Waals surface area contributed by atoms with Crippen molar-refractivity contribution < 1.29 is 19.4 Å². The maximum atomic E-state index is 11.2. The molecule has 0 aliphatic heterocycles. The minimum absolute atomic E-state index is 0.243. The molecule has 3 rings (SSSR count). The molecule has 0 bridgehead atoms. The summed E-state index contributed by atoms with van der Waals surface area (Å²) < 4.78 is 12.6. The van der Waals surface area contributed by atoms with Gasteiger partial charge in [0.05, 0.1) is 16.6 Å². The molecule has 3 aromatic rings. The largest absolute Gasteiger partial charge is 0.490 e. The Bertz CT molecular complexity index is 1090. The molecule has 0 unspecified atom stereocenters. The molecule has 0 aliphatic carbocycles. The van der Waals surface area contributed by atoms with E-state index in [2.05, 4.69) is 21.2 Å². The summed E-state index contributed by atoms with van der Waals surface area (Å²) in [6, 6.07) is 16.4. The molecule has 0 aromatic heterocycles. The molecular formula is C24H23BrClNO4. The van der Waals surface area contributed by atoms with Crippen LogP contribution in [0, 0.1) is 6.92 Å². The van der Waals surface area contributed by atoms with Crippen molar-refractivity contribution in [3.05, 3.63) is 86.3 Å². The fraction of sp³-hybridized carbons (Fsp3) is 0.208. The molecule has 0 saturated carbocycles. The van der Waals surface area contributed by atoms with Crippen LogP contribution in [0.2, 0.25) is 5.02 Å². The van der Waals surface area contributed by atoms with Gasteiger partial charge in [0.2, 0.25) is 0 Å². The number of aromatic carboxylic acids is 1. The molecule has 3 aromatic carbocycles. The number of ether oxygens (including phenoxy) is 2. The van der Waals surface area contributed by atoms with Crippen LogP contribution >= 0.6 is 27.5 Å². The number of hydrogen-bond acceptors (Lipinski definition) is 4. The topological polar surface area (TPSA) is 67.8 Å². The van der Waals surface area contributed by atoms with Gasteiger partial charge in [-0.3, -0.25) is 0 Å². The predicted octanol–water partition coefficient (Wildman–Crippen LogP) is 6.70. The minimum Gasteiger partial charge on any atom is -0.490 e. The van der Waals surface area contributed by atoms with Crippen molar-refractivity contribution in [3.8, 4) is 11.5 Å². The normalized spacial score (nSPS) is 10.6. The SMILES string of the molecule is CCOc1cc(CNc2cc(C(=O)O)ccc2C)cc(Br)c1OCc1ccccc1Cl. The van der Waals surface area contributed by atoms with Crippen molar-refractivity contribution in [1.29, 1.82) is 0 Å². The zero-order valence-electron chi connectivity index (χ0n) is 17.2. The molecule has 0 amide bonds. The van der Waals surface area contributed by atoms with E-state index in [0.717, 1.165) is 26.9 Å². The monoisotopic (exact) mass is 503 g/mol. The van der Waals surface area contributed by atoms with Gasteiger partial charge in [-0.15, -0.1) is 0 Å². The van der Waals surface area contributed by atoms with Crippen molar-refractivity contribution in [1.82, 2.24) is 0 Å². The number of rotatable bonds is 9. The molecule has 31 heavy (non-hydrogen) atoms. The highest BCUT2D eigenvalue weighted by atomic mass is 79.9. The highest BCUT2D eigenvalue weighted by Crippen LogP contribution is 2.38. The fourth-order valence-corrected chi connectivity index (χ4v) is 3.83. The lowest BCUT2D eigenvalue weighted by Gasteiger charge is -2.17. The van der Waals surface area contributed by atoms with E-state index in [1.807, 2.05) is 50.2 Å². The Morgan fingerprint density at radius 1 is 1.13 bits per heavy atom. The zero-order chi connectivity index (χ0) is 22.4. The Morgan fingerprint density at radius 2 is 1.90 bits per heavy atom. The summed E-state index contributed by atoms with van der Waals surface area (Å²) in [7, 11) is 0. The van der Waals surface area contributed by atoms with Gasteiger partial charge in [0.25, 0.3) is 0 Å². The predicted molar refractivity (Wildman–Crippen MR) is 127 cm³/mol. The second kappa shape index (κ2) is 10.6. The number of carboxylic acids is 1. The molecule has 0 heterocycles. The number of halogens is 2. The second-order valence-electron chi connectivity index (χ2n) is 6.91. The highest BCUT2D eigenvalue weighted by molar-refractivity contribution is 9.10. The van der Waals surface area contributed by atoms with E-state index in [1.54, 1.807) is 18.2 Å². The molecule has 0 spiro atoms. The lowest BCUT2D eigenvalue weighted by atomic mass is 10.1. The summed E-state index contributed by atoms with van der Waals surface area (Å²) in [4.78, 5) is 11.2. The average molecular weight is 505 g/mol. The maximum Gasteiger partial charge on any atom is 0.335 e. The maximum absolute atomic E-state index is 11.2. The Balaban J connectivity index is 1.79. The van der Waals surface area contributed by atoms with Crippen LogP contribution in [-0.2, 0) is 13.2 Å². The molecule has 0 saturated heterocycles. The lowest BCUT2D eigenvalue weighted by Crippen LogP contribution is -2.06. The van der Waals surface area contributed by atoms with E-state index in [4.69, 9.17) is 21.1 Å². The summed E-state index contributed by atoms with van der Waals surface area (Å²) in [5.41, 5.74) is 3.83. The summed E-state index contributed by atoms with van der Waals surface area (Å²) in [6.07, 6.45) is 0. The molecule has 2 N–H and O–H groups in total. The number of benzene rings is 3. The van der Waals surface area contributed by atoms with E-state index in [9.17, 15) is 9.90 Å². The Kier molecular flexibility index (Phi) is 7.82. The van der Waals surface area contributed by atoms with Crippen LogP contribution in [0.1, 0.15) is 34.0 Å². The van der Waals surface area contributed by atoms with Crippen LogP contribution in [-0.4, -0.2) is 17.7 Å². The molecule has 0 radical (unpaired) electrons. The lowest BCUT2D eigenvalue weighted by molar-refractivity contribution is 0.0697. The second-order valence-corrected chi connectivity index (χ2v) is 8.17. The van der Waals surface area contributed by atoms with Gasteiger partial charge in [0.15, 0.2) is 11.5 Å². The van der Waals surface area contributed by atoms with Gasteiger partial charge >= 0.3 is 5.97 Å². The first kappa shape index (κ1) is 23.0. The van der Waals surface area contributed by atoms with E-state index >= 15 is 0 Å². The summed E-state index contributed by atoms with van der Waals surface area (Å²) in [5.74, 6) is 0.274. The summed E-state index contributed by atoms with van der Waals surface area (Å²) in [5, 5.41) is 13.2. The number of carbonyl (C=O) groups is 1. The third-order valence-corrected chi connectivity index (χ3v) is 5.62. The number of aryl methyl sites for hydroxylation is 1. The number of anilines is 1. The Labute approximate surface area is 195 Å². The van der Waals surface area contributed by atoms with Gasteiger partial charge in [-0.1, -0.05) is 35.9 Å². The Hall–Kier alpha value is -2.70. The van der Waals surface area contributed by atoms with Crippen molar-refractivity contribution in [2.75, 3.05) is 11.9 Å². The van der Waals surface area contributed by atoms with Gasteiger partial charge in [-0.2, -0.15) is 0 Å². The third-order valence-electron chi connectivity index (χ3n) is 4.67. The molecule has 0 atom stereocenters. The van der Waals surface area contributed by atoms with E-state index in [0.29, 0.717) is 36.3 Å². The van der Waals surface area contributed by atoms with Crippen LogP contribution in [0.5, 0.6) is 11.5 Å². The highest BCUT2D eigenvalue weighted by Gasteiger charge is 2.14. The fourth-order valence-electron chi connectivity index (χ4n) is 3.03.